The standard InChI is InChI=1S/C36H23BCl2N2O2/c38-33-21-30(24-12-5-2-6-13-24)28-18-19-29-31(22-34(39)41-36(29)35(28)40-33)25-14-9-15-26(20-25)43-37(42)32-17-8-7-16-27(32)23-10-3-1-4-11-23/h1-22,42H. The van der Waals surface area contributed by atoms with Gasteiger partial charge in [-0.2, -0.15) is 0 Å². The molecular formula is C36H23BCl2N2O2. The molecule has 0 radical (unpaired) electrons. The molecule has 0 bridgehead atoms. The molecule has 0 saturated carbocycles. The third-order valence-corrected chi connectivity index (χ3v) is 7.87. The van der Waals surface area contributed by atoms with Crippen LogP contribution in [0.1, 0.15) is 0 Å². The molecule has 0 aliphatic heterocycles. The second-order valence-corrected chi connectivity index (χ2v) is 10.9. The largest absolute Gasteiger partial charge is 0.560 e. The predicted octanol–water partition coefficient (Wildman–Crippen LogP) is 8.86. The van der Waals surface area contributed by atoms with E-state index < -0.39 is 7.12 Å². The molecule has 43 heavy (non-hydrogen) atoms. The first kappa shape index (κ1) is 27.2. The predicted molar refractivity (Wildman–Crippen MR) is 178 cm³/mol. The molecule has 0 atom stereocenters. The highest BCUT2D eigenvalue weighted by molar-refractivity contribution is 6.62. The summed E-state index contributed by atoms with van der Waals surface area (Å²) in [4.78, 5) is 9.36. The van der Waals surface area contributed by atoms with Gasteiger partial charge in [0.1, 0.15) is 16.1 Å². The molecule has 7 aromatic rings. The number of rotatable bonds is 6. The Kier molecular flexibility index (Phi) is 7.29. The number of halogens is 2. The monoisotopic (exact) mass is 596 g/mol. The van der Waals surface area contributed by atoms with E-state index >= 15 is 0 Å². The molecule has 2 aromatic heterocycles. The average molecular weight is 597 g/mol. The third-order valence-electron chi connectivity index (χ3n) is 7.48. The highest BCUT2D eigenvalue weighted by Gasteiger charge is 2.23. The first-order chi connectivity index (χ1) is 21.0. The van der Waals surface area contributed by atoms with Gasteiger partial charge >= 0.3 is 7.12 Å². The minimum atomic E-state index is -1.17. The van der Waals surface area contributed by atoms with Crippen LogP contribution in [0.25, 0.3) is 55.2 Å². The molecule has 0 amide bonds. The lowest BCUT2D eigenvalue weighted by Gasteiger charge is -2.16. The lowest BCUT2D eigenvalue weighted by atomic mass is 9.74. The van der Waals surface area contributed by atoms with E-state index in [-0.39, 0.29) is 0 Å². The first-order valence-electron chi connectivity index (χ1n) is 13.8. The van der Waals surface area contributed by atoms with Crippen LogP contribution in [0.5, 0.6) is 5.75 Å². The number of hydrogen-bond acceptors (Lipinski definition) is 4. The van der Waals surface area contributed by atoms with Crippen LogP contribution in [-0.2, 0) is 0 Å². The van der Waals surface area contributed by atoms with Crippen LogP contribution in [-0.4, -0.2) is 22.1 Å². The Morgan fingerprint density at radius 1 is 0.512 bits per heavy atom. The van der Waals surface area contributed by atoms with Crippen LogP contribution >= 0.6 is 23.2 Å². The van der Waals surface area contributed by atoms with Crippen LogP contribution in [0.4, 0.5) is 0 Å². The van der Waals surface area contributed by atoms with E-state index in [0.717, 1.165) is 44.2 Å². The zero-order chi connectivity index (χ0) is 29.3. The summed E-state index contributed by atoms with van der Waals surface area (Å²) in [6.45, 7) is 0. The van der Waals surface area contributed by atoms with E-state index in [2.05, 4.69) is 9.97 Å². The van der Waals surface area contributed by atoms with Crippen molar-refractivity contribution < 1.29 is 9.68 Å². The van der Waals surface area contributed by atoms with Gasteiger partial charge in [-0.3, -0.25) is 0 Å². The van der Waals surface area contributed by atoms with Gasteiger partial charge in [-0.1, -0.05) is 132 Å². The molecule has 2 heterocycles. The molecule has 0 unspecified atom stereocenters. The summed E-state index contributed by atoms with van der Waals surface area (Å²) in [7, 11) is -1.17. The Labute approximate surface area is 259 Å². The molecular weight excluding hydrogens is 574 g/mol. The van der Waals surface area contributed by atoms with Gasteiger partial charge in [0.25, 0.3) is 0 Å². The molecule has 7 rings (SSSR count). The second kappa shape index (κ2) is 11.5. The average Bonchev–Trinajstić information content (AvgIpc) is 3.05. The van der Waals surface area contributed by atoms with Gasteiger partial charge in [0.05, 0.1) is 11.0 Å². The fourth-order valence-corrected chi connectivity index (χ4v) is 5.92. The topological polar surface area (TPSA) is 55.2 Å². The quantitative estimate of drug-likeness (QED) is 0.118. The van der Waals surface area contributed by atoms with Crippen molar-refractivity contribution >= 4 is 57.6 Å². The Bertz CT molecular complexity index is 2110. The summed E-state index contributed by atoms with van der Waals surface area (Å²) < 4.78 is 6.09. The number of benzene rings is 5. The minimum absolute atomic E-state index is 0.334. The number of nitrogens with zero attached hydrogens (tertiary/aromatic N) is 2. The van der Waals surface area contributed by atoms with Gasteiger partial charge < -0.3 is 9.68 Å². The van der Waals surface area contributed by atoms with Crippen molar-refractivity contribution in [3.05, 3.63) is 144 Å². The van der Waals surface area contributed by atoms with Crippen LogP contribution < -0.4 is 10.1 Å². The van der Waals surface area contributed by atoms with Crippen LogP contribution in [0.2, 0.25) is 10.3 Å². The van der Waals surface area contributed by atoms with Gasteiger partial charge in [-0.05, 0) is 57.6 Å². The van der Waals surface area contributed by atoms with E-state index in [4.69, 9.17) is 27.9 Å². The van der Waals surface area contributed by atoms with Gasteiger partial charge in [0.15, 0.2) is 0 Å². The van der Waals surface area contributed by atoms with E-state index in [0.29, 0.717) is 32.6 Å². The number of aromatic nitrogens is 2. The van der Waals surface area contributed by atoms with E-state index in [9.17, 15) is 5.02 Å². The second-order valence-electron chi connectivity index (χ2n) is 10.2. The smallest absolute Gasteiger partial charge is 0.532 e. The van der Waals surface area contributed by atoms with Gasteiger partial charge in [0.2, 0.25) is 0 Å². The third kappa shape index (κ3) is 5.35. The van der Waals surface area contributed by atoms with Gasteiger partial charge in [-0.25, -0.2) is 9.97 Å². The van der Waals surface area contributed by atoms with Crippen LogP contribution in [0.3, 0.4) is 0 Å². The maximum absolute atomic E-state index is 11.2. The van der Waals surface area contributed by atoms with Crippen molar-refractivity contribution in [1.82, 2.24) is 9.97 Å². The fraction of sp³-hybridized carbons (Fsp3) is 0. The van der Waals surface area contributed by atoms with Crippen molar-refractivity contribution in [1.29, 1.82) is 0 Å². The zero-order valence-electron chi connectivity index (χ0n) is 22.8. The minimum Gasteiger partial charge on any atom is -0.532 e. The molecule has 206 valence electrons. The highest BCUT2D eigenvalue weighted by Crippen LogP contribution is 2.38. The normalized spacial score (nSPS) is 11.1. The Morgan fingerprint density at radius 2 is 1.02 bits per heavy atom. The molecule has 0 saturated heterocycles. The SMILES string of the molecule is OB(Oc1cccc(-c2cc(Cl)nc3c2ccc2c(-c4ccccc4)cc(Cl)nc23)c1)c1ccccc1-c1ccccc1. The first-order valence-corrected chi connectivity index (χ1v) is 14.6. The Hall–Kier alpha value is -4.68. The van der Waals surface area contributed by atoms with Crippen LogP contribution in [0.15, 0.2) is 133 Å². The summed E-state index contributed by atoms with van der Waals surface area (Å²) >= 11 is 13.1. The summed E-state index contributed by atoms with van der Waals surface area (Å²) in [6.07, 6.45) is 0. The lowest BCUT2D eigenvalue weighted by molar-refractivity contribution is 0.433. The number of hydrogen-bond donors (Lipinski definition) is 1. The molecule has 7 heteroatoms. The molecule has 0 spiro atoms. The Balaban J connectivity index is 1.30. The highest BCUT2D eigenvalue weighted by atomic mass is 35.5. The van der Waals surface area contributed by atoms with Crippen molar-refractivity contribution in [3.8, 4) is 39.1 Å². The van der Waals surface area contributed by atoms with E-state index in [1.807, 2.05) is 133 Å². The fourth-order valence-electron chi connectivity index (χ4n) is 5.53. The maximum atomic E-state index is 11.2. The summed E-state index contributed by atoms with van der Waals surface area (Å²) in [5.74, 6) is 0.516. The van der Waals surface area contributed by atoms with E-state index in [1.54, 1.807) is 0 Å². The summed E-state index contributed by atoms with van der Waals surface area (Å²) in [5.41, 5.74) is 7.66. The van der Waals surface area contributed by atoms with Crippen molar-refractivity contribution in [2.45, 2.75) is 0 Å². The molecule has 0 fully saturated rings. The zero-order valence-corrected chi connectivity index (χ0v) is 24.3. The molecule has 4 nitrogen and oxygen atoms in total. The molecule has 0 aliphatic carbocycles. The van der Waals surface area contributed by atoms with Crippen molar-refractivity contribution in [2.24, 2.45) is 0 Å². The number of pyridine rings is 2. The van der Waals surface area contributed by atoms with Gasteiger partial charge in [-0.15, -0.1) is 0 Å². The summed E-state index contributed by atoms with van der Waals surface area (Å²) in [6, 6.07) is 43.1. The lowest BCUT2D eigenvalue weighted by Crippen LogP contribution is -2.37. The van der Waals surface area contributed by atoms with Crippen molar-refractivity contribution in [3.63, 3.8) is 0 Å². The molecule has 5 aromatic carbocycles. The van der Waals surface area contributed by atoms with Crippen LogP contribution in [0, 0.1) is 0 Å². The van der Waals surface area contributed by atoms with Gasteiger partial charge in [0, 0.05) is 16.2 Å². The maximum Gasteiger partial charge on any atom is 0.560 e. The molecule has 1 N–H and O–H groups in total. The molecule has 0 aliphatic rings. The summed E-state index contributed by atoms with van der Waals surface area (Å²) in [5, 5.41) is 13.7. The van der Waals surface area contributed by atoms with E-state index in [1.165, 1.54) is 0 Å². The Morgan fingerprint density at radius 3 is 1.65 bits per heavy atom. The van der Waals surface area contributed by atoms with Crippen molar-refractivity contribution in [2.75, 3.05) is 0 Å². The number of fused-ring (bicyclic) bond motifs is 3.